The number of aromatic nitrogens is 2. The predicted octanol–water partition coefficient (Wildman–Crippen LogP) is 3.43. The molecular formula is C15H15Cl2N5O. The van der Waals surface area contributed by atoms with E-state index in [1.807, 2.05) is 0 Å². The number of rotatable bonds is 3. The second-order valence-electron chi connectivity index (χ2n) is 5.65. The van der Waals surface area contributed by atoms with Crippen LogP contribution in [0.15, 0.2) is 16.5 Å². The average molecular weight is 352 g/mol. The standard InChI is InChI=1S/C15H15Cl2N5O/c16-7-4-9-11-13(23-12(9)10(17)5-7)14(22-15(18)21-11)20-6-8-2-1-3-19-8/h4-5,8,19H,1-3,6H2,(H3,18,20,21,22). The average Bonchev–Trinajstić information content (AvgIpc) is 3.13. The van der Waals surface area contributed by atoms with E-state index < -0.39 is 0 Å². The molecule has 1 unspecified atom stereocenters. The molecule has 0 bridgehead atoms. The van der Waals surface area contributed by atoms with Crippen LogP contribution in [-0.2, 0) is 0 Å². The van der Waals surface area contributed by atoms with Crippen LogP contribution in [0.2, 0.25) is 10.0 Å². The Labute approximate surface area is 142 Å². The zero-order valence-electron chi connectivity index (χ0n) is 12.2. The number of hydrogen-bond acceptors (Lipinski definition) is 6. The van der Waals surface area contributed by atoms with E-state index in [9.17, 15) is 0 Å². The minimum Gasteiger partial charge on any atom is -0.449 e. The van der Waals surface area contributed by atoms with Gasteiger partial charge in [0, 0.05) is 17.6 Å². The molecule has 1 aliphatic rings. The third-order valence-electron chi connectivity index (χ3n) is 4.03. The Morgan fingerprint density at radius 1 is 1.30 bits per heavy atom. The summed E-state index contributed by atoms with van der Waals surface area (Å²) >= 11 is 12.3. The summed E-state index contributed by atoms with van der Waals surface area (Å²) in [5.74, 6) is 0.753. The molecule has 3 heterocycles. The zero-order valence-corrected chi connectivity index (χ0v) is 13.7. The van der Waals surface area contributed by atoms with Crippen molar-refractivity contribution in [3.63, 3.8) is 0 Å². The van der Waals surface area contributed by atoms with Gasteiger partial charge < -0.3 is 20.8 Å². The Morgan fingerprint density at radius 2 is 2.17 bits per heavy atom. The Hall–Kier alpha value is -1.76. The predicted molar refractivity (Wildman–Crippen MR) is 93.3 cm³/mol. The van der Waals surface area contributed by atoms with Gasteiger partial charge in [-0.05, 0) is 31.5 Å². The Morgan fingerprint density at radius 3 is 2.96 bits per heavy atom. The maximum Gasteiger partial charge on any atom is 0.222 e. The molecule has 8 heteroatoms. The highest BCUT2D eigenvalue weighted by atomic mass is 35.5. The van der Waals surface area contributed by atoms with Gasteiger partial charge in [0.15, 0.2) is 17.0 Å². The SMILES string of the molecule is Nc1nc(NCC2CCCN2)c2oc3c(Cl)cc(Cl)cc3c2n1. The molecule has 6 nitrogen and oxygen atoms in total. The summed E-state index contributed by atoms with van der Waals surface area (Å²) in [5.41, 5.74) is 7.53. The van der Waals surface area contributed by atoms with Crippen molar-refractivity contribution in [2.45, 2.75) is 18.9 Å². The van der Waals surface area contributed by atoms with Crippen LogP contribution in [0.1, 0.15) is 12.8 Å². The van der Waals surface area contributed by atoms with Crippen molar-refractivity contribution in [3.8, 4) is 0 Å². The van der Waals surface area contributed by atoms with E-state index in [0.717, 1.165) is 24.9 Å². The number of nitrogens with zero attached hydrogens (tertiary/aromatic N) is 2. The molecule has 0 saturated carbocycles. The summed E-state index contributed by atoms with van der Waals surface area (Å²) in [7, 11) is 0. The molecule has 4 N–H and O–H groups in total. The van der Waals surface area contributed by atoms with Gasteiger partial charge in [0.05, 0.1) is 10.4 Å². The summed E-state index contributed by atoms with van der Waals surface area (Å²) < 4.78 is 5.89. The molecule has 1 fully saturated rings. The summed E-state index contributed by atoms with van der Waals surface area (Å²) in [6.45, 7) is 1.80. The number of nitrogens with two attached hydrogens (primary N) is 1. The van der Waals surface area contributed by atoms with Crippen LogP contribution >= 0.6 is 23.2 Å². The number of furan rings is 1. The molecule has 0 spiro atoms. The van der Waals surface area contributed by atoms with Crippen LogP contribution in [0.25, 0.3) is 22.1 Å². The van der Waals surface area contributed by atoms with Crippen LogP contribution in [0.4, 0.5) is 11.8 Å². The van der Waals surface area contributed by atoms with Crippen molar-refractivity contribution in [2.24, 2.45) is 0 Å². The summed E-state index contributed by atoms with van der Waals surface area (Å²) in [4.78, 5) is 8.55. The van der Waals surface area contributed by atoms with E-state index in [1.54, 1.807) is 12.1 Å². The number of hydrogen-bond donors (Lipinski definition) is 3. The van der Waals surface area contributed by atoms with Gasteiger partial charge in [-0.3, -0.25) is 0 Å². The lowest BCUT2D eigenvalue weighted by Crippen LogP contribution is -2.29. The molecular weight excluding hydrogens is 337 g/mol. The van der Waals surface area contributed by atoms with Gasteiger partial charge in [-0.1, -0.05) is 23.2 Å². The van der Waals surface area contributed by atoms with E-state index in [2.05, 4.69) is 20.6 Å². The fraction of sp³-hybridized carbons (Fsp3) is 0.333. The fourth-order valence-corrected chi connectivity index (χ4v) is 3.49. The van der Waals surface area contributed by atoms with Crippen molar-refractivity contribution >= 4 is 57.0 Å². The van der Waals surface area contributed by atoms with Gasteiger partial charge in [0.25, 0.3) is 0 Å². The summed E-state index contributed by atoms with van der Waals surface area (Å²) in [6.07, 6.45) is 2.32. The van der Waals surface area contributed by atoms with Gasteiger partial charge in [-0.25, -0.2) is 4.98 Å². The quantitative estimate of drug-likeness (QED) is 0.669. The molecule has 23 heavy (non-hydrogen) atoms. The highest BCUT2D eigenvalue weighted by Crippen LogP contribution is 2.37. The number of benzene rings is 1. The lowest BCUT2D eigenvalue weighted by Gasteiger charge is -2.12. The van der Waals surface area contributed by atoms with Crippen molar-refractivity contribution in [1.82, 2.24) is 15.3 Å². The van der Waals surface area contributed by atoms with Gasteiger partial charge >= 0.3 is 0 Å². The summed E-state index contributed by atoms with van der Waals surface area (Å²) in [5, 5.41) is 8.42. The molecule has 0 amide bonds. The van der Waals surface area contributed by atoms with Crippen molar-refractivity contribution in [3.05, 3.63) is 22.2 Å². The Balaban J connectivity index is 1.82. The number of nitrogens with one attached hydrogen (secondary N) is 2. The first-order valence-corrected chi connectivity index (χ1v) is 8.19. The van der Waals surface area contributed by atoms with E-state index in [-0.39, 0.29) is 5.95 Å². The first-order chi connectivity index (χ1) is 11.1. The maximum atomic E-state index is 6.22. The zero-order chi connectivity index (χ0) is 16.0. The van der Waals surface area contributed by atoms with Gasteiger partial charge in [-0.2, -0.15) is 4.98 Å². The minimum absolute atomic E-state index is 0.179. The first kappa shape index (κ1) is 14.8. The van der Waals surface area contributed by atoms with Crippen molar-refractivity contribution < 1.29 is 4.42 Å². The molecule has 4 rings (SSSR count). The summed E-state index contributed by atoms with van der Waals surface area (Å²) in [6, 6.07) is 3.83. The first-order valence-electron chi connectivity index (χ1n) is 7.44. The number of nitrogen functional groups attached to an aromatic ring is 1. The molecule has 2 aromatic heterocycles. The highest BCUT2D eigenvalue weighted by molar-refractivity contribution is 6.39. The van der Waals surface area contributed by atoms with Gasteiger partial charge in [0.1, 0.15) is 5.52 Å². The van der Waals surface area contributed by atoms with E-state index >= 15 is 0 Å². The Kier molecular flexibility index (Phi) is 3.67. The van der Waals surface area contributed by atoms with Crippen LogP contribution in [0, 0.1) is 0 Å². The van der Waals surface area contributed by atoms with E-state index in [0.29, 0.717) is 38.6 Å². The molecule has 1 aliphatic heterocycles. The lowest BCUT2D eigenvalue weighted by molar-refractivity contribution is 0.629. The monoisotopic (exact) mass is 351 g/mol. The molecule has 0 aliphatic carbocycles. The van der Waals surface area contributed by atoms with Gasteiger partial charge in [-0.15, -0.1) is 0 Å². The van der Waals surface area contributed by atoms with E-state index in [1.165, 1.54) is 6.42 Å². The molecule has 0 radical (unpaired) electrons. The topological polar surface area (TPSA) is 89.0 Å². The smallest absolute Gasteiger partial charge is 0.222 e. The fourth-order valence-electron chi connectivity index (χ4n) is 2.96. The molecule has 1 saturated heterocycles. The third kappa shape index (κ3) is 2.67. The second kappa shape index (κ2) is 5.70. The second-order valence-corrected chi connectivity index (χ2v) is 6.49. The maximum absolute atomic E-state index is 6.22. The van der Waals surface area contributed by atoms with Gasteiger partial charge in [0.2, 0.25) is 5.95 Å². The van der Waals surface area contributed by atoms with Crippen LogP contribution in [-0.4, -0.2) is 29.1 Å². The molecule has 120 valence electrons. The Bertz CT molecular complexity index is 889. The lowest BCUT2D eigenvalue weighted by atomic mass is 10.2. The number of anilines is 2. The highest BCUT2D eigenvalue weighted by Gasteiger charge is 2.19. The normalized spacial score (nSPS) is 18.1. The van der Waals surface area contributed by atoms with Crippen molar-refractivity contribution in [2.75, 3.05) is 24.1 Å². The van der Waals surface area contributed by atoms with Crippen LogP contribution < -0.4 is 16.4 Å². The van der Waals surface area contributed by atoms with Crippen molar-refractivity contribution in [1.29, 1.82) is 0 Å². The number of halogens is 2. The third-order valence-corrected chi connectivity index (χ3v) is 4.53. The largest absolute Gasteiger partial charge is 0.449 e. The van der Waals surface area contributed by atoms with Crippen LogP contribution in [0.3, 0.4) is 0 Å². The van der Waals surface area contributed by atoms with Crippen LogP contribution in [0.5, 0.6) is 0 Å². The number of fused-ring (bicyclic) bond motifs is 3. The minimum atomic E-state index is 0.179. The molecule has 1 atom stereocenters. The molecule has 3 aromatic rings. The van der Waals surface area contributed by atoms with E-state index in [4.69, 9.17) is 33.4 Å². The molecule has 1 aromatic carbocycles.